The van der Waals surface area contributed by atoms with Gasteiger partial charge in [-0.3, -0.25) is 9.69 Å². The van der Waals surface area contributed by atoms with Gasteiger partial charge in [0.1, 0.15) is 19.0 Å². The molecule has 4 aliphatic rings. The maximum atomic E-state index is 12.0. The lowest BCUT2D eigenvalue weighted by Crippen LogP contribution is -3.12. The van der Waals surface area contributed by atoms with Gasteiger partial charge in [0.2, 0.25) is 6.17 Å². The zero-order valence-electron chi connectivity index (χ0n) is 13.5. The van der Waals surface area contributed by atoms with Crippen LogP contribution in [-0.4, -0.2) is 72.5 Å². The van der Waals surface area contributed by atoms with Gasteiger partial charge in [-0.25, -0.2) is 0 Å². The molecule has 2 atom stereocenters. The number of piperidine rings is 3. The molecule has 8 heteroatoms. The number of nitrogens with one attached hydrogen (secondary N) is 1. The number of oxime groups is 1. The van der Waals surface area contributed by atoms with Crippen molar-refractivity contribution in [2.24, 2.45) is 11.1 Å². The predicted molar refractivity (Wildman–Crippen MR) is 78.9 cm³/mol. The SMILES string of the molecule is CN1C=C[NH+](CCC[N+]23CCC(CC2)C(=O)C3)C1/C=N\O.[I-].[I-]. The summed E-state index contributed by atoms with van der Waals surface area (Å²) >= 11 is 0. The van der Waals surface area contributed by atoms with Crippen molar-refractivity contribution < 1.29 is 67.3 Å². The van der Waals surface area contributed by atoms with Crippen LogP contribution in [0.2, 0.25) is 0 Å². The molecule has 3 fully saturated rings. The summed E-state index contributed by atoms with van der Waals surface area (Å²) in [6.45, 7) is 5.24. The number of hydrogen-bond acceptors (Lipinski definition) is 4. The fourth-order valence-corrected chi connectivity index (χ4v) is 4.14. The highest BCUT2D eigenvalue weighted by Gasteiger charge is 2.44. The van der Waals surface area contributed by atoms with Crippen LogP contribution in [-0.2, 0) is 4.79 Å². The average Bonchev–Trinajstić information content (AvgIpc) is 2.82. The van der Waals surface area contributed by atoms with Crippen molar-refractivity contribution in [2.75, 3.05) is 39.8 Å². The van der Waals surface area contributed by atoms with Crippen molar-refractivity contribution >= 4 is 12.0 Å². The molecular formula is C15H26I2N4O2. The summed E-state index contributed by atoms with van der Waals surface area (Å²) in [6, 6.07) is 0. The van der Waals surface area contributed by atoms with Crippen LogP contribution in [0.4, 0.5) is 0 Å². The molecule has 0 radical (unpaired) electrons. The molecule has 0 aromatic heterocycles. The molecule has 2 bridgehead atoms. The van der Waals surface area contributed by atoms with Crippen LogP contribution in [0.1, 0.15) is 19.3 Å². The Kier molecular flexibility index (Phi) is 8.21. The Morgan fingerprint density at radius 2 is 2.13 bits per heavy atom. The first-order valence-electron chi connectivity index (χ1n) is 7.95. The number of hydrogen-bond donors (Lipinski definition) is 2. The van der Waals surface area contributed by atoms with Gasteiger partial charge < -0.3 is 62.5 Å². The van der Waals surface area contributed by atoms with E-state index in [0.29, 0.717) is 11.7 Å². The van der Waals surface area contributed by atoms with Crippen LogP contribution < -0.4 is 52.9 Å². The van der Waals surface area contributed by atoms with Crippen LogP contribution in [0.5, 0.6) is 0 Å². The highest BCUT2D eigenvalue weighted by molar-refractivity contribution is 5.83. The van der Waals surface area contributed by atoms with Gasteiger partial charge in [0.15, 0.2) is 5.78 Å². The third kappa shape index (κ3) is 4.57. The zero-order valence-corrected chi connectivity index (χ0v) is 17.8. The molecule has 4 aliphatic heterocycles. The van der Waals surface area contributed by atoms with Gasteiger partial charge >= 0.3 is 0 Å². The molecule has 3 saturated heterocycles. The number of carbonyl (C=O) groups is 1. The van der Waals surface area contributed by atoms with Crippen LogP contribution in [0, 0.1) is 5.92 Å². The summed E-state index contributed by atoms with van der Waals surface area (Å²) in [6.07, 6.45) is 9.11. The van der Waals surface area contributed by atoms with Gasteiger partial charge in [0.05, 0.1) is 32.4 Å². The van der Waals surface area contributed by atoms with Crippen LogP contribution in [0.25, 0.3) is 0 Å². The van der Waals surface area contributed by atoms with E-state index in [2.05, 4.69) is 16.3 Å². The number of carbonyl (C=O) groups excluding carboxylic acids is 1. The first-order valence-corrected chi connectivity index (χ1v) is 7.95. The Morgan fingerprint density at radius 3 is 2.74 bits per heavy atom. The van der Waals surface area contributed by atoms with Gasteiger partial charge in [-0.2, -0.15) is 0 Å². The summed E-state index contributed by atoms with van der Waals surface area (Å²) in [5, 5.41) is 12.0. The summed E-state index contributed by atoms with van der Waals surface area (Å²) in [5.74, 6) is 0.863. The van der Waals surface area contributed by atoms with E-state index >= 15 is 0 Å². The van der Waals surface area contributed by atoms with E-state index in [1.54, 1.807) is 6.21 Å². The van der Waals surface area contributed by atoms with Crippen LogP contribution in [0.3, 0.4) is 0 Å². The number of halogens is 2. The minimum Gasteiger partial charge on any atom is -1.00 e. The summed E-state index contributed by atoms with van der Waals surface area (Å²) < 4.78 is 1.01. The summed E-state index contributed by atoms with van der Waals surface area (Å²) in [5.41, 5.74) is 0. The van der Waals surface area contributed by atoms with Crippen LogP contribution >= 0.6 is 0 Å². The van der Waals surface area contributed by atoms with Crippen molar-refractivity contribution in [3.8, 4) is 0 Å². The molecular weight excluding hydrogens is 522 g/mol. The predicted octanol–water partition coefficient (Wildman–Crippen LogP) is -6.72. The Balaban J connectivity index is 0.00000132. The van der Waals surface area contributed by atoms with E-state index in [1.165, 1.54) is 18.0 Å². The van der Waals surface area contributed by atoms with Crippen molar-refractivity contribution in [3.63, 3.8) is 0 Å². The maximum absolute atomic E-state index is 12.0. The van der Waals surface area contributed by atoms with E-state index in [-0.39, 0.29) is 54.1 Å². The molecule has 0 aliphatic carbocycles. The lowest BCUT2D eigenvalue weighted by Gasteiger charge is -2.48. The average molecular weight is 548 g/mol. The smallest absolute Gasteiger partial charge is 0.207 e. The number of nitrogens with zero attached hydrogens (tertiary/aromatic N) is 3. The van der Waals surface area contributed by atoms with Crippen molar-refractivity contribution in [2.45, 2.75) is 25.4 Å². The molecule has 23 heavy (non-hydrogen) atoms. The number of Topliss-reactive ketones (excluding diaryl/α,β-unsaturated/α-hetero) is 1. The van der Waals surface area contributed by atoms with Crippen molar-refractivity contribution in [1.29, 1.82) is 0 Å². The highest BCUT2D eigenvalue weighted by atomic mass is 127. The van der Waals surface area contributed by atoms with E-state index in [4.69, 9.17) is 5.21 Å². The Labute approximate surface area is 172 Å². The number of ketones is 1. The second-order valence-corrected chi connectivity index (χ2v) is 6.78. The van der Waals surface area contributed by atoms with Gasteiger partial charge in [-0.05, 0) is 0 Å². The number of fused-ring (bicyclic) bond motifs is 3. The molecule has 6 nitrogen and oxygen atoms in total. The Bertz CT molecular complexity index is 464. The quantitative estimate of drug-likeness (QED) is 0.118. The molecule has 4 rings (SSSR count). The number of quaternary nitrogens is 2. The molecule has 0 saturated carbocycles. The molecule has 4 heterocycles. The molecule has 0 amide bonds. The molecule has 2 N–H and O–H groups in total. The monoisotopic (exact) mass is 548 g/mol. The molecule has 0 spiro atoms. The van der Waals surface area contributed by atoms with Crippen LogP contribution in [0.15, 0.2) is 17.6 Å². The minimum absolute atomic E-state index is 0. The van der Waals surface area contributed by atoms with E-state index in [1.807, 2.05) is 13.2 Å². The highest BCUT2D eigenvalue weighted by Crippen LogP contribution is 2.31. The third-order valence-electron chi connectivity index (χ3n) is 5.50. The molecule has 0 aromatic carbocycles. The fourth-order valence-electron chi connectivity index (χ4n) is 4.14. The first-order chi connectivity index (χ1) is 10.1. The fraction of sp³-hybridized carbons (Fsp3) is 0.733. The normalized spacial score (nSPS) is 35.4. The lowest BCUT2D eigenvalue weighted by molar-refractivity contribution is -0.936. The molecule has 132 valence electrons. The maximum Gasteiger partial charge on any atom is 0.207 e. The van der Waals surface area contributed by atoms with Gasteiger partial charge in [0.25, 0.3) is 0 Å². The summed E-state index contributed by atoms with van der Waals surface area (Å²) in [7, 11) is 1.99. The van der Waals surface area contributed by atoms with Gasteiger partial charge in [0, 0.05) is 32.2 Å². The van der Waals surface area contributed by atoms with E-state index in [9.17, 15) is 4.79 Å². The topological polar surface area (TPSA) is 57.3 Å². The van der Waals surface area contributed by atoms with Crippen molar-refractivity contribution in [3.05, 3.63) is 12.4 Å². The van der Waals surface area contributed by atoms with Crippen molar-refractivity contribution in [1.82, 2.24) is 4.90 Å². The Morgan fingerprint density at radius 1 is 1.43 bits per heavy atom. The standard InChI is InChI=1S/C15H24N4O2.2HI/c1-17-6-7-18(15(17)11-16-21)5-2-8-19-9-3-13(4-10-19)14(20)12-19;;/h6-7,11,13,15H,2-5,8-10,12H2,1H3;2*1H/b16-11-;;. The largest absolute Gasteiger partial charge is 1.00 e. The minimum atomic E-state index is 0. The van der Waals surface area contributed by atoms with Gasteiger partial charge in [-0.1, -0.05) is 5.16 Å². The zero-order chi connectivity index (χ0) is 14.9. The Hall–Kier alpha value is 0.0600. The second-order valence-electron chi connectivity index (χ2n) is 6.78. The lowest BCUT2D eigenvalue weighted by atomic mass is 9.84. The summed E-state index contributed by atoms with van der Waals surface area (Å²) in [4.78, 5) is 15.3. The molecule has 2 unspecified atom stereocenters. The van der Waals surface area contributed by atoms with Gasteiger partial charge in [-0.15, -0.1) is 0 Å². The third-order valence-corrected chi connectivity index (χ3v) is 5.50. The molecule has 0 aromatic rings. The van der Waals surface area contributed by atoms with E-state index < -0.39 is 0 Å². The number of rotatable bonds is 5. The second kappa shape index (κ2) is 8.95. The first kappa shape index (κ1) is 21.1. The van der Waals surface area contributed by atoms with E-state index in [0.717, 1.165) is 43.4 Å².